The van der Waals surface area contributed by atoms with Crippen molar-refractivity contribution < 1.29 is 14.3 Å². The van der Waals surface area contributed by atoms with Gasteiger partial charge in [-0.15, -0.1) is 11.3 Å². The van der Waals surface area contributed by atoms with Crippen molar-refractivity contribution in [3.8, 4) is 0 Å². The lowest BCUT2D eigenvalue weighted by atomic mass is 9.69. The molecule has 0 spiro atoms. The lowest BCUT2D eigenvalue weighted by Crippen LogP contribution is -2.28. The number of anilines is 1. The molecule has 4 nitrogen and oxygen atoms in total. The van der Waals surface area contributed by atoms with Gasteiger partial charge in [-0.2, -0.15) is 0 Å². The van der Waals surface area contributed by atoms with Crippen LogP contribution in [0.25, 0.3) is 6.08 Å². The lowest BCUT2D eigenvalue weighted by molar-refractivity contribution is -0.111. The van der Waals surface area contributed by atoms with Gasteiger partial charge in [0.05, 0.1) is 12.7 Å². The molecule has 1 aliphatic rings. The van der Waals surface area contributed by atoms with Gasteiger partial charge in [0.1, 0.15) is 5.00 Å². The number of carbonyl (C=O) groups is 2. The number of amides is 1. The number of methoxy groups -OCH3 is 1. The minimum Gasteiger partial charge on any atom is -0.465 e. The van der Waals surface area contributed by atoms with Gasteiger partial charge in [-0.1, -0.05) is 57.0 Å². The molecule has 0 radical (unpaired) electrons. The van der Waals surface area contributed by atoms with Crippen molar-refractivity contribution in [1.29, 1.82) is 0 Å². The van der Waals surface area contributed by atoms with E-state index in [2.05, 4.69) is 26.1 Å². The van der Waals surface area contributed by atoms with E-state index in [1.807, 2.05) is 31.2 Å². The Hall–Kier alpha value is -2.40. The normalized spacial score (nSPS) is 16.4. The average Bonchev–Trinajstić information content (AvgIpc) is 3.09. The average molecular weight is 426 g/mol. The van der Waals surface area contributed by atoms with Crippen molar-refractivity contribution in [1.82, 2.24) is 0 Å². The van der Waals surface area contributed by atoms with Crippen LogP contribution in [0.2, 0.25) is 0 Å². The van der Waals surface area contributed by atoms with E-state index in [1.165, 1.54) is 35.0 Å². The standard InChI is InChI=1S/C25H31NO3S/c1-6-25(3,4)18-12-13-19-20(15-18)30-23(22(19)24(28)29-5)26-21(27)14-11-17-9-7-16(2)8-10-17/h7-11,14,18H,6,12-13,15H2,1-5H3,(H,26,27)/b14-11+. The quantitative estimate of drug-likeness (QED) is 0.454. The number of hydrogen-bond donors (Lipinski definition) is 1. The van der Waals surface area contributed by atoms with E-state index in [4.69, 9.17) is 4.74 Å². The summed E-state index contributed by atoms with van der Waals surface area (Å²) in [6.07, 6.45) is 7.25. The molecule has 0 saturated carbocycles. The molecule has 1 aliphatic carbocycles. The predicted octanol–water partition coefficient (Wildman–Crippen LogP) is 6.04. The van der Waals surface area contributed by atoms with E-state index in [1.54, 1.807) is 6.08 Å². The van der Waals surface area contributed by atoms with Gasteiger partial charge in [0, 0.05) is 11.0 Å². The maximum atomic E-state index is 12.6. The van der Waals surface area contributed by atoms with Crippen molar-refractivity contribution in [3.63, 3.8) is 0 Å². The number of aryl methyl sites for hydroxylation is 1. The molecule has 0 bridgehead atoms. The Labute approximate surface area is 183 Å². The molecule has 3 rings (SSSR count). The fraction of sp³-hybridized carbons (Fsp3) is 0.440. The first kappa shape index (κ1) is 22.3. The van der Waals surface area contributed by atoms with Crippen LogP contribution >= 0.6 is 11.3 Å². The minimum atomic E-state index is -0.376. The summed E-state index contributed by atoms with van der Waals surface area (Å²) in [6.45, 7) is 8.89. The Kier molecular flexibility index (Phi) is 6.81. The number of carbonyl (C=O) groups excluding carboxylic acids is 2. The maximum absolute atomic E-state index is 12.6. The Morgan fingerprint density at radius 1 is 1.27 bits per heavy atom. The Bertz CT molecular complexity index is 954. The zero-order valence-electron chi connectivity index (χ0n) is 18.5. The topological polar surface area (TPSA) is 55.4 Å². The summed E-state index contributed by atoms with van der Waals surface area (Å²) in [5.41, 5.74) is 3.97. The highest BCUT2D eigenvalue weighted by molar-refractivity contribution is 7.17. The number of nitrogens with one attached hydrogen (secondary N) is 1. The summed E-state index contributed by atoms with van der Waals surface area (Å²) in [5, 5.41) is 3.52. The summed E-state index contributed by atoms with van der Waals surface area (Å²) < 4.78 is 5.04. The molecular formula is C25H31NO3S. The van der Waals surface area contributed by atoms with Crippen LogP contribution in [-0.2, 0) is 22.4 Å². The van der Waals surface area contributed by atoms with Gasteiger partial charge in [-0.05, 0) is 54.7 Å². The number of fused-ring (bicyclic) bond motifs is 1. The molecule has 160 valence electrons. The molecule has 1 aromatic heterocycles. The molecule has 5 heteroatoms. The molecule has 0 fully saturated rings. The van der Waals surface area contributed by atoms with Crippen molar-refractivity contribution in [2.24, 2.45) is 11.3 Å². The lowest BCUT2D eigenvalue weighted by Gasteiger charge is -2.36. The van der Waals surface area contributed by atoms with Crippen molar-refractivity contribution >= 4 is 34.3 Å². The van der Waals surface area contributed by atoms with E-state index in [9.17, 15) is 9.59 Å². The van der Waals surface area contributed by atoms with E-state index < -0.39 is 0 Å². The maximum Gasteiger partial charge on any atom is 0.341 e. The SMILES string of the molecule is CCC(C)(C)C1CCc2c(sc(NC(=O)/C=C/c3ccc(C)cc3)c2C(=O)OC)C1. The highest BCUT2D eigenvalue weighted by atomic mass is 32.1. The fourth-order valence-electron chi connectivity index (χ4n) is 3.95. The predicted molar refractivity (Wildman–Crippen MR) is 124 cm³/mol. The van der Waals surface area contributed by atoms with E-state index in [-0.39, 0.29) is 17.3 Å². The monoisotopic (exact) mass is 425 g/mol. The van der Waals surface area contributed by atoms with Crippen molar-refractivity contribution in [2.45, 2.75) is 53.4 Å². The van der Waals surface area contributed by atoms with Crippen molar-refractivity contribution in [3.05, 3.63) is 57.5 Å². The fourth-order valence-corrected chi connectivity index (χ4v) is 5.27. The number of thiophene rings is 1. The first-order valence-electron chi connectivity index (χ1n) is 10.5. The smallest absolute Gasteiger partial charge is 0.341 e. The van der Waals surface area contributed by atoms with Gasteiger partial charge in [-0.25, -0.2) is 4.79 Å². The second-order valence-electron chi connectivity index (χ2n) is 8.71. The highest BCUT2D eigenvalue weighted by Gasteiger charge is 2.35. The van der Waals surface area contributed by atoms with Crippen LogP contribution < -0.4 is 5.32 Å². The van der Waals surface area contributed by atoms with Crippen LogP contribution in [0.5, 0.6) is 0 Å². The number of hydrogen-bond acceptors (Lipinski definition) is 4. The van der Waals surface area contributed by atoms with Crippen LogP contribution in [0.4, 0.5) is 5.00 Å². The number of rotatable bonds is 6. The molecule has 1 unspecified atom stereocenters. The molecule has 2 aromatic rings. The Morgan fingerprint density at radius 3 is 2.60 bits per heavy atom. The van der Waals surface area contributed by atoms with E-state index >= 15 is 0 Å². The molecule has 0 saturated heterocycles. The molecular weight excluding hydrogens is 394 g/mol. The summed E-state index contributed by atoms with van der Waals surface area (Å²) in [4.78, 5) is 26.3. The van der Waals surface area contributed by atoms with Gasteiger partial charge in [0.15, 0.2) is 0 Å². The van der Waals surface area contributed by atoms with Gasteiger partial charge >= 0.3 is 5.97 Å². The third-order valence-corrected chi connectivity index (χ3v) is 7.58. The summed E-state index contributed by atoms with van der Waals surface area (Å²) in [7, 11) is 1.39. The molecule has 30 heavy (non-hydrogen) atoms. The summed E-state index contributed by atoms with van der Waals surface area (Å²) in [6, 6.07) is 7.96. The first-order chi connectivity index (χ1) is 14.2. The zero-order valence-corrected chi connectivity index (χ0v) is 19.3. The van der Waals surface area contributed by atoms with E-state index in [0.29, 0.717) is 16.5 Å². The molecule has 1 heterocycles. The van der Waals surface area contributed by atoms with Crippen LogP contribution in [0, 0.1) is 18.3 Å². The molecule has 1 atom stereocenters. The third kappa shape index (κ3) is 4.84. The molecule has 0 aliphatic heterocycles. The number of esters is 1. The van der Waals surface area contributed by atoms with Crippen LogP contribution in [0.3, 0.4) is 0 Å². The van der Waals surface area contributed by atoms with E-state index in [0.717, 1.165) is 36.8 Å². The second kappa shape index (κ2) is 9.17. The summed E-state index contributed by atoms with van der Waals surface area (Å²) >= 11 is 1.52. The Balaban J connectivity index is 1.83. The van der Waals surface area contributed by atoms with Gasteiger partial charge in [0.25, 0.3) is 0 Å². The Morgan fingerprint density at radius 2 is 1.97 bits per heavy atom. The van der Waals surface area contributed by atoms with Crippen molar-refractivity contribution in [2.75, 3.05) is 12.4 Å². The van der Waals surface area contributed by atoms with Crippen LogP contribution in [-0.4, -0.2) is 19.0 Å². The van der Waals surface area contributed by atoms with Crippen LogP contribution in [0.1, 0.15) is 65.5 Å². The summed E-state index contributed by atoms with van der Waals surface area (Å²) in [5.74, 6) is -0.0487. The third-order valence-electron chi connectivity index (χ3n) is 6.41. The van der Waals surface area contributed by atoms with Crippen LogP contribution in [0.15, 0.2) is 30.3 Å². The molecule has 1 aromatic carbocycles. The zero-order chi connectivity index (χ0) is 21.9. The van der Waals surface area contributed by atoms with Gasteiger partial charge in [-0.3, -0.25) is 4.79 Å². The van der Waals surface area contributed by atoms with Gasteiger partial charge in [0.2, 0.25) is 5.91 Å². The largest absolute Gasteiger partial charge is 0.465 e. The van der Waals surface area contributed by atoms with Gasteiger partial charge < -0.3 is 10.1 Å². The first-order valence-corrected chi connectivity index (χ1v) is 11.4. The molecule has 1 amide bonds. The molecule has 1 N–H and O–H groups in total. The highest BCUT2D eigenvalue weighted by Crippen LogP contribution is 2.45. The second-order valence-corrected chi connectivity index (χ2v) is 9.82. The minimum absolute atomic E-state index is 0.246. The number of ether oxygens (including phenoxy) is 1. The number of benzene rings is 1.